The Morgan fingerprint density at radius 3 is 2.51 bits per heavy atom. The van der Waals surface area contributed by atoms with Crippen LogP contribution < -0.4 is 15.9 Å². The smallest absolute Gasteiger partial charge is 0.351 e. The van der Waals surface area contributed by atoms with Gasteiger partial charge in [-0.2, -0.15) is 31.3 Å². The van der Waals surface area contributed by atoms with Gasteiger partial charge in [0.25, 0.3) is 0 Å². The molecule has 6 nitrogen and oxygen atoms in total. The molecule has 0 spiro atoms. The molecule has 1 fully saturated rings. The highest BCUT2D eigenvalue weighted by Crippen LogP contribution is 2.49. The van der Waals surface area contributed by atoms with Crippen LogP contribution in [0.5, 0.6) is 0 Å². The summed E-state index contributed by atoms with van der Waals surface area (Å²) in [7, 11) is 1.21. The van der Waals surface area contributed by atoms with Gasteiger partial charge in [0.15, 0.2) is 0 Å². The fraction of sp³-hybridized carbons (Fsp3) is 0.462. The Kier molecular flexibility index (Phi) is 7.74. The predicted molar refractivity (Wildman–Crippen MR) is 139 cm³/mol. The minimum absolute atomic E-state index is 0.0100. The van der Waals surface area contributed by atoms with Crippen LogP contribution in [0.1, 0.15) is 12.5 Å². The first-order valence-corrected chi connectivity index (χ1v) is 13.7. The summed E-state index contributed by atoms with van der Waals surface area (Å²) in [5.74, 6) is -2.38. The van der Waals surface area contributed by atoms with Gasteiger partial charge in [0, 0.05) is 71.5 Å². The third-order valence-corrected chi connectivity index (χ3v) is 8.58. The first-order chi connectivity index (χ1) is 19.2. The third-order valence-electron chi connectivity index (χ3n) is 7.34. The van der Waals surface area contributed by atoms with Crippen LogP contribution in [-0.2, 0) is 12.7 Å². The highest BCUT2D eigenvalue weighted by atomic mass is 32.2. The number of hydrogen-bond acceptors (Lipinski definition) is 6. The number of likely N-dealkylation sites (N-methyl/N-ethyl adjacent to an activating group) is 1. The Hall–Kier alpha value is -2.91. The van der Waals surface area contributed by atoms with Crippen molar-refractivity contribution >= 4 is 28.5 Å². The van der Waals surface area contributed by atoms with E-state index in [1.54, 1.807) is 4.90 Å². The van der Waals surface area contributed by atoms with E-state index in [0.29, 0.717) is 25.7 Å². The molecule has 3 heterocycles. The van der Waals surface area contributed by atoms with Gasteiger partial charge in [-0.05, 0) is 32.2 Å². The number of aromatic nitrogens is 2. The first kappa shape index (κ1) is 29.6. The molecule has 0 radical (unpaired) electrons. The van der Waals surface area contributed by atoms with Gasteiger partial charge < -0.3 is 10.2 Å². The quantitative estimate of drug-likeness (QED) is 0.416. The average Bonchev–Trinajstić information content (AvgIpc) is 3.06. The molecule has 1 N–H and O–H groups in total. The second kappa shape index (κ2) is 10.7. The van der Waals surface area contributed by atoms with Gasteiger partial charge in [-0.15, -0.1) is 11.8 Å². The highest BCUT2D eigenvalue weighted by Gasteiger charge is 2.40. The Labute approximate surface area is 233 Å². The van der Waals surface area contributed by atoms with Crippen LogP contribution in [0.25, 0.3) is 22.0 Å². The Morgan fingerprint density at radius 2 is 1.88 bits per heavy atom. The van der Waals surface area contributed by atoms with Crippen LogP contribution in [0, 0.1) is 11.6 Å². The zero-order chi connectivity index (χ0) is 29.9. The van der Waals surface area contributed by atoms with Crippen molar-refractivity contribution in [2.75, 3.05) is 43.9 Å². The molecule has 2 aromatic carbocycles. The molecular weight excluding hydrogens is 582 g/mol. The zero-order valence-electron chi connectivity index (χ0n) is 21.8. The van der Waals surface area contributed by atoms with E-state index in [2.05, 4.69) is 10.3 Å². The lowest BCUT2D eigenvalue weighted by Crippen LogP contribution is -2.51. The number of hydrogen-bond donors (Lipinski definition) is 1. The summed E-state index contributed by atoms with van der Waals surface area (Å²) in [4.78, 5) is 20.2. The minimum Gasteiger partial charge on any atom is -0.351 e. The van der Waals surface area contributed by atoms with Gasteiger partial charge in [0.05, 0.1) is 17.6 Å². The van der Waals surface area contributed by atoms with Crippen LogP contribution >= 0.6 is 11.8 Å². The highest BCUT2D eigenvalue weighted by molar-refractivity contribution is 7.99. The van der Waals surface area contributed by atoms with E-state index in [0.717, 1.165) is 39.4 Å². The Bertz CT molecular complexity index is 1540. The van der Waals surface area contributed by atoms with Gasteiger partial charge in [0.2, 0.25) is 0 Å². The van der Waals surface area contributed by atoms with E-state index in [-0.39, 0.29) is 40.0 Å². The van der Waals surface area contributed by atoms with E-state index in [1.165, 1.54) is 7.05 Å². The lowest BCUT2D eigenvalue weighted by Gasteiger charge is -2.36. The van der Waals surface area contributed by atoms with Crippen LogP contribution in [0.3, 0.4) is 0 Å². The number of rotatable bonds is 4. The van der Waals surface area contributed by atoms with Crippen molar-refractivity contribution in [3.63, 3.8) is 0 Å². The maximum absolute atomic E-state index is 15.1. The number of piperazine rings is 1. The van der Waals surface area contributed by atoms with Crippen molar-refractivity contribution in [1.29, 1.82) is 0 Å². The standard InChI is InChI=1S/C26H25F8N5OS/c1-13-9-35-5-6-38(13)23-17-8-18(26(32,33)34)20(16-4-3-14(27)7-19(16)28)22-21(17)39(24(40)36-23)10-15(11-41-22)37(2)12-25(29,30)31/h3-4,7-8,13,15,35H,5-6,9-12H2,1-2H3/t13-,15-/m0/s1. The summed E-state index contributed by atoms with van der Waals surface area (Å²) < 4.78 is 114. The molecule has 1 saturated heterocycles. The molecule has 15 heteroatoms. The van der Waals surface area contributed by atoms with Crippen molar-refractivity contribution < 1.29 is 35.1 Å². The molecule has 2 aliphatic rings. The predicted octanol–water partition coefficient (Wildman–Crippen LogP) is 5.13. The van der Waals surface area contributed by atoms with Crippen LogP contribution in [0.2, 0.25) is 0 Å². The normalized spacial score (nSPS) is 20.1. The molecule has 41 heavy (non-hydrogen) atoms. The van der Waals surface area contributed by atoms with Gasteiger partial charge >= 0.3 is 18.0 Å². The fourth-order valence-electron chi connectivity index (χ4n) is 5.38. The second-order valence-corrected chi connectivity index (χ2v) is 11.2. The van der Waals surface area contributed by atoms with E-state index >= 15 is 4.39 Å². The number of thioether (sulfide) groups is 1. The third kappa shape index (κ3) is 5.75. The molecule has 2 aliphatic heterocycles. The monoisotopic (exact) mass is 607 g/mol. The number of anilines is 1. The number of nitrogens with one attached hydrogen (secondary N) is 1. The lowest BCUT2D eigenvalue weighted by molar-refractivity contribution is -0.147. The van der Waals surface area contributed by atoms with Gasteiger partial charge in [-0.1, -0.05) is 0 Å². The molecule has 0 bridgehead atoms. The first-order valence-electron chi connectivity index (χ1n) is 12.7. The summed E-state index contributed by atoms with van der Waals surface area (Å²) in [5, 5.41) is 3.13. The molecule has 1 aromatic heterocycles. The molecule has 2 atom stereocenters. The molecule has 0 unspecified atom stereocenters. The largest absolute Gasteiger partial charge is 0.417 e. The molecule has 5 rings (SSSR count). The van der Waals surface area contributed by atoms with Crippen molar-refractivity contribution in [1.82, 2.24) is 19.8 Å². The van der Waals surface area contributed by atoms with Crippen molar-refractivity contribution in [3.05, 3.63) is 51.9 Å². The SMILES string of the molecule is C[C@H]1CNCCN1c1nc(=O)n2c3c(c(-c4ccc(F)cc4F)c(C(F)(F)F)cc13)SC[C@@H](N(C)CC(F)(F)F)C2. The van der Waals surface area contributed by atoms with Crippen LogP contribution in [0.4, 0.5) is 40.9 Å². The van der Waals surface area contributed by atoms with Crippen molar-refractivity contribution in [2.24, 2.45) is 0 Å². The van der Waals surface area contributed by atoms with E-state index in [9.17, 15) is 35.5 Å². The van der Waals surface area contributed by atoms with Crippen LogP contribution in [-0.4, -0.2) is 71.7 Å². The molecular formula is C26H25F8N5OS. The van der Waals surface area contributed by atoms with Crippen molar-refractivity contribution in [2.45, 2.75) is 42.8 Å². The molecule has 0 amide bonds. The Balaban J connectivity index is 1.85. The molecule has 0 saturated carbocycles. The van der Waals surface area contributed by atoms with E-state index in [4.69, 9.17) is 0 Å². The number of nitrogens with zero attached hydrogens (tertiary/aromatic N) is 4. The number of alkyl halides is 6. The second-order valence-electron chi connectivity index (χ2n) is 10.2. The summed E-state index contributed by atoms with van der Waals surface area (Å²) in [5.41, 5.74) is -3.21. The summed E-state index contributed by atoms with van der Waals surface area (Å²) >= 11 is 0.806. The lowest BCUT2D eigenvalue weighted by atomic mass is 9.95. The maximum atomic E-state index is 15.1. The minimum atomic E-state index is -5.01. The summed E-state index contributed by atoms with van der Waals surface area (Å²) in [6.07, 6.45) is -9.57. The zero-order valence-corrected chi connectivity index (χ0v) is 22.7. The molecule has 3 aromatic rings. The van der Waals surface area contributed by atoms with E-state index in [1.807, 2.05) is 6.92 Å². The molecule has 0 aliphatic carbocycles. The van der Waals surface area contributed by atoms with E-state index < -0.39 is 59.0 Å². The summed E-state index contributed by atoms with van der Waals surface area (Å²) in [6, 6.07) is 1.81. The maximum Gasteiger partial charge on any atom is 0.417 e. The fourth-order valence-corrected chi connectivity index (χ4v) is 6.82. The number of halogens is 8. The topological polar surface area (TPSA) is 53.4 Å². The van der Waals surface area contributed by atoms with Crippen LogP contribution in [0.15, 0.2) is 34.0 Å². The van der Waals surface area contributed by atoms with Crippen molar-refractivity contribution in [3.8, 4) is 11.1 Å². The van der Waals surface area contributed by atoms with Gasteiger partial charge in [0.1, 0.15) is 17.5 Å². The number of benzene rings is 2. The van der Waals surface area contributed by atoms with Gasteiger partial charge in [-0.3, -0.25) is 9.47 Å². The van der Waals surface area contributed by atoms with Gasteiger partial charge in [-0.25, -0.2) is 13.6 Å². The summed E-state index contributed by atoms with van der Waals surface area (Å²) in [6.45, 7) is 1.50. The molecule has 222 valence electrons. The average molecular weight is 608 g/mol. The Morgan fingerprint density at radius 1 is 1.15 bits per heavy atom.